The Morgan fingerprint density at radius 1 is 1.20 bits per heavy atom. The molecule has 1 aromatic heterocycles. The molecule has 0 bridgehead atoms. The second kappa shape index (κ2) is 5.28. The van der Waals surface area contributed by atoms with Gasteiger partial charge in [0.2, 0.25) is 5.76 Å². The van der Waals surface area contributed by atoms with Crippen LogP contribution in [0.4, 0.5) is 13.2 Å². The van der Waals surface area contributed by atoms with Gasteiger partial charge in [0.15, 0.2) is 0 Å². The van der Waals surface area contributed by atoms with E-state index < -0.39 is 17.7 Å². The highest BCUT2D eigenvalue weighted by molar-refractivity contribution is 5.86. The highest BCUT2D eigenvalue weighted by Crippen LogP contribution is 2.30. The average molecular weight is 286 g/mol. The molecular formula is C13H9F3O4. The van der Waals surface area contributed by atoms with Gasteiger partial charge in [0.25, 0.3) is 0 Å². The number of hydrogen-bond acceptors (Lipinski definition) is 3. The molecule has 1 heterocycles. The van der Waals surface area contributed by atoms with Crippen molar-refractivity contribution in [3.8, 4) is 5.75 Å². The lowest BCUT2D eigenvalue weighted by molar-refractivity contribution is -0.137. The number of rotatable bonds is 4. The minimum Gasteiger partial charge on any atom is -0.489 e. The van der Waals surface area contributed by atoms with Crippen LogP contribution in [0.25, 0.3) is 0 Å². The summed E-state index contributed by atoms with van der Waals surface area (Å²) in [4.78, 5) is 10.8. The molecular weight excluding hydrogens is 277 g/mol. The molecule has 20 heavy (non-hydrogen) atoms. The van der Waals surface area contributed by atoms with Crippen molar-refractivity contribution in [1.82, 2.24) is 0 Å². The number of aromatic carboxylic acids is 1. The van der Waals surface area contributed by atoms with Crippen LogP contribution in [-0.2, 0) is 12.8 Å². The minimum absolute atomic E-state index is 0.108. The van der Waals surface area contributed by atoms with Gasteiger partial charge in [-0.2, -0.15) is 13.2 Å². The fourth-order valence-electron chi connectivity index (χ4n) is 1.54. The van der Waals surface area contributed by atoms with Gasteiger partial charge in [0.05, 0.1) is 11.8 Å². The van der Waals surface area contributed by atoms with Crippen molar-refractivity contribution in [2.75, 3.05) is 0 Å². The summed E-state index contributed by atoms with van der Waals surface area (Å²) in [6.07, 6.45) is -3.20. The van der Waals surface area contributed by atoms with Gasteiger partial charge in [-0.25, -0.2) is 4.79 Å². The van der Waals surface area contributed by atoms with Gasteiger partial charge in [-0.15, -0.1) is 0 Å². The number of hydrogen-bond donors (Lipinski definition) is 1. The van der Waals surface area contributed by atoms with E-state index in [1.165, 1.54) is 24.5 Å². The fourth-order valence-corrected chi connectivity index (χ4v) is 1.54. The molecule has 0 amide bonds. The largest absolute Gasteiger partial charge is 0.489 e. The molecule has 4 nitrogen and oxygen atoms in total. The predicted molar refractivity (Wildman–Crippen MR) is 61.4 cm³/mol. The molecule has 0 aliphatic heterocycles. The van der Waals surface area contributed by atoms with Crippen LogP contribution in [-0.4, -0.2) is 11.1 Å². The van der Waals surface area contributed by atoms with E-state index in [9.17, 15) is 18.0 Å². The van der Waals surface area contributed by atoms with Crippen molar-refractivity contribution in [2.45, 2.75) is 12.8 Å². The van der Waals surface area contributed by atoms with Gasteiger partial charge in [0, 0.05) is 5.56 Å². The third kappa shape index (κ3) is 3.11. The number of ether oxygens (including phenoxy) is 1. The van der Waals surface area contributed by atoms with Crippen LogP contribution in [0.15, 0.2) is 41.0 Å². The van der Waals surface area contributed by atoms with Crippen molar-refractivity contribution >= 4 is 5.97 Å². The number of halogens is 3. The number of carbonyl (C=O) groups is 1. The summed E-state index contributed by atoms with van der Waals surface area (Å²) < 4.78 is 47.0. The quantitative estimate of drug-likeness (QED) is 0.933. The van der Waals surface area contributed by atoms with Gasteiger partial charge in [0.1, 0.15) is 12.4 Å². The van der Waals surface area contributed by atoms with E-state index in [1.54, 1.807) is 0 Å². The van der Waals surface area contributed by atoms with Crippen molar-refractivity contribution in [2.24, 2.45) is 0 Å². The average Bonchev–Trinajstić information content (AvgIpc) is 2.84. The highest BCUT2D eigenvalue weighted by Gasteiger charge is 2.30. The summed E-state index contributed by atoms with van der Waals surface area (Å²) in [6.45, 7) is -0.108. The SMILES string of the molecule is O=C(O)c1occc1COc1ccc(C(F)(F)F)cc1. The van der Waals surface area contributed by atoms with Crippen molar-refractivity contribution in [1.29, 1.82) is 0 Å². The summed E-state index contributed by atoms with van der Waals surface area (Å²) in [5.74, 6) is -1.28. The second-order valence-corrected chi connectivity index (χ2v) is 3.89. The van der Waals surface area contributed by atoms with Crippen LogP contribution in [0.3, 0.4) is 0 Å². The first-order valence-corrected chi connectivity index (χ1v) is 5.47. The molecule has 0 aliphatic rings. The van der Waals surface area contributed by atoms with Crippen LogP contribution in [0, 0.1) is 0 Å². The zero-order valence-electron chi connectivity index (χ0n) is 9.98. The molecule has 1 aromatic carbocycles. The molecule has 0 atom stereocenters. The van der Waals surface area contributed by atoms with E-state index in [-0.39, 0.29) is 18.1 Å². The Morgan fingerprint density at radius 2 is 1.85 bits per heavy atom. The summed E-state index contributed by atoms with van der Waals surface area (Å²) in [7, 11) is 0. The van der Waals surface area contributed by atoms with E-state index in [0.29, 0.717) is 5.56 Å². The molecule has 0 spiro atoms. The number of benzene rings is 1. The maximum atomic E-state index is 12.4. The molecule has 0 aliphatic carbocycles. The Labute approximate surface area is 111 Å². The van der Waals surface area contributed by atoms with Crippen molar-refractivity contribution in [3.63, 3.8) is 0 Å². The molecule has 7 heteroatoms. The molecule has 0 unspecified atom stereocenters. The summed E-state index contributed by atoms with van der Waals surface area (Å²) in [5, 5.41) is 8.80. The Hall–Kier alpha value is -2.44. The molecule has 106 valence electrons. The van der Waals surface area contributed by atoms with Gasteiger partial charge in [-0.05, 0) is 30.3 Å². The Kier molecular flexibility index (Phi) is 3.69. The van der Waals surface area contributed by atoms with Crippen molar-refractivity contribution < 1.29 is 32.2 Å². The molecule has 2 aromatic rings. The van der Waals surface area contributed by atoms with Crippen LogP contribution in [0.2, 0.25) is 0 Å². The lowest BCUT2D eigenvalue weighted by atomic mass is 10.2. The van der Waals surface area contributed by atoms with Gasteiger partial charge < -0.3 is 14.3 Å². The lowest BCUT2D eigenvalue weighted by Gasteiger charge is -2.08. The van der Waals surface area contributed by atoms with E-state index in [1.807, 2.05) is 0 Å². The minimum atomic E-state index is -4.40. The van der Waals surface area contributed by atoms with E-state index in [0.717, 1.165) is 12.1 Å². The first-order valence-electron chi connectivity index (χ1n) is 5.47. The number of carboxylic acid groups (broad SMARTS) is 1. The van der Waals surface area contributed by atoms with E-state index >= 15 is 0 Å². The van der Waals surface area contributed by atoms with Crippen molar-refractivity contribution in [3.05, 3.63) is 53.5 Å². The Balaban J connectivity index is 2.04. The maximum absolute atomic E-state index is 12.4. The fraction of sp³-hybridized carbons (Fsp3) is 0.154. The van der Waals surface area contributed by atoms with E-state index in [2.05, 4.69) is 0 Å². The molecule has 0 saturated carbocycles. The molecule has 2 rings (SSSR count). The summed E-state index contributed by atoms with van der Waals surface area (Å²) in [6, 6.07) is 5.55. The van der Waals surface area contributed by atoms with Gasteiger partial charge in [-0.3, -0.25) is 0 Å². The van der Waals surface area contributed by atoms with Crippen LogP contribution in [0.5, 0.6) is 5.75 Å². The van der Waals surface area contributed by atoms with E-state index in [4.69, 9.17) is 14.3 Å². The second-order valence-electron chi connectivity index (χ2n) is 3.89. The monoisotopic (exact) mass is 286 g/mol. The van der Waals surface area contributed by atoms with Crippen LogP contribution in [0.1, 0.15) is 21.7 Å². The Bertz CT molecular complexity index is 599. The highest BCUT2D eigenvalue weighted by atomic mass is 19.4. The molecule has 0 radical (unpaired) electrons. The third-order valence-corrected chi connectivity index (χ3v) is 2.52. The zero-order valence-corrected chi connectivity index (χ0v) is 9.98. The zero-order chi connectivity index (χ0) is 14.8. The standard InChI is InChI=1S/C13H9F3O4/c14-13(15,16)9-1-3-10(4-2-9)20-7-8-5-6-19-11(8)12(17)18/h1-6H,7H2,(H,17,18). The normalized spacial score (nSPS) is 11.3. The van der Waals surface area contributed by atoms with Crippen LogP contribution >= 0.6 is 0 Å². The predicted octanol–water partition coefficient (Wildman–Crippen LogP) is 3.58. The summed E-state index contributed by atoms with van der Waals surface area (Å²) in [5.41, 5.74) is -0.475. The van der Waals surface area contributed by atoms with Gasteiger partial charge >= 0.3 is 12.1 Å². The third-order valence-electron chi connectivity index (χ3n) is 2.52. The molecule has 0 saturated heterocycles. The topological polar surface area (TPSA) is 59.7 Å². The first-order chi connectivity index (χ1) is 9.38. The Morgan fingerprint density at radius 3 is 2.40 bits per heavy atom. The summed E-state index contributed by atoms with van der Waals surface area (Å²) >= 11 is 0. The molecule has 0 fully saturated rings. The van der Waals surface area contributed by atoms with Crippen LogP contribution < -0.4 is 4.74 Å². The first kappa shape index (κ1) is 14.0. The number of carboxylic acids is 1. The maximum Gasteiger partial charge on any atom is 0.416 e. The number of furan rings is 1. The van der Waals surface area contributed by atoms with Gasteiger partial charge in [-0.1, -0.05) is 0 Å². The lowest BCUT2D eigenvalue weighted by Crippen LogP contribution is -2.05. The molecule has 1 N–H and O–H groups in total. The number of alkyl halides is 3. The smallest absolute Gasteiger partial charge is 0.416 e.